The van der Waals surface area contributed by atoms with Gasteiger partial charge in [0.25, 0.3) is 0 Å². The summed E-state index contributed by atoms with van der Waals surface area (Å²) in [6.45, 7) is 4.66. The lowest BCUT2D eigenvalue weighted by atomic mass is 9.84. The summed E-state index contributed by atoms with van der Waals surface area (Å²) in [6, 6.07) is 34.1. The van der Waals surface area contributed by atoms with Gasteiger partial charge in [-0.05, 0) is 107 Å². The van der Waals surface area contributed by atoms with Gasteiger partial charge in [0.2, 0.25) is 0 Å². The Morgan fingerprint density at radius 3 is 1.73 bits per heavy atom. The predicted molar refractivity (Wildman–Crippen MR) is 186 cm³/mol. The highest BCUT2D eigenvalue weighted by molar-refractivity contribution is 5.75. The van der Waals surface area contributed by atoms with Gasteiger partial charge in [0, 0.05) is 18.0 Å². The molecule has 224 valence electrons. The first-order valence-corrected chi connectivity index (χ1v) is 17.2. The van der Waals surface area contributed by atoms with Crippen LogP contribution in [0.1, 0.15) is 112 Å². The van der Waals surface area contributed by atoms with Crippen LogP contribution in [0.15, 0.2) is 103 Å². The Morgan fingerprint density at radius 1 is 0.636 bits per heavy atom. The Morgan fingerprint density at radius 2 is 1.18 bits per heavy atom. The van der Waals surface area contributed by atoms with Crippen molar-refractivity contribution in [2.45, 2.75) is 95.8 Å². The number of nitrogens with zero attached hydrogens (tertiary/aromatic N) is 2. The monoisotopic (exact) mass is 578 g/mol. The third-order valence-corrected chi connectivity index (χ3v) is 10.6. The minimum absolute atomic E-state index is 0.489. The molecule has 0 atom stereocenters. The molecule has 0 radical (unpaired) electrons. The Hall–Kier alpha value is -3.91. The minimum Gasteiger partial charge on any atom is -0.299 e. The van der Waals surface area contributed by atoms with E-state index in [2.05, 4.69) is 116 Å². The van der Waals surface area contributed by atoms with Gasteiger partial charge in [0.15, 0.2) is 0 Å². The molecule has 2 heteroatoms. The van der Waals surface area contributed by atoms with Gasteiger partial charge in [0.1, 0.15) is 5.82 Å². The van der Waals surface area contributed by atoms with E-state index in [1.807, 2.05) is 6.20 Å². The summed E-state index contributed by atoms with van der Waals surface area (Å²) in [5.74, 6) is 2.78. The first-order chi connectivity index (χ1) is 21.7. The SMILES string of the molecule is CCC(CC)c1cc(-c2ccccc2)ccc1-c1nccn1-c1c(C2CCCC2)cc(-c2ccccc2)cc1C1CCCC1. The van der Waals surface area contributed by atoms with Crippen LogP contribution in [0.25, 0.3) is 39.3 Å². The average Bonchev–Trinajstić information content (AvgIpc) is 3.90. The van der Waals surface area contributed by atoms with Gasteiger partial charge in [-0.3, -0.25) is 4.57 Å². The first-order valence-electron chi connectivity index (χ1n) is 17.2. The highest BCUT2D eigenvalue weighted by Crippen LogP contribution is 2.47. The summed E-state index contributed by atoms with van der Waals surface area (Å²) in [7, 11) is 0. The van der Waals surface area contributed by atoms with Crippen LogP contribution in [-0.2, 0) is 0 Å². The Kier molecular flexibility index (Phi) is 8.51. The maximum absolute atomic E-state index is 5.16. The predicted octanol–water partition coefficient (Wildman–Crippen LogP) is 12.1. The van der Waals surface area contributed by atoms with E-state index in [0.29, 0.717) is 17.8 Å². The summed E-state index contributed by atoms with van der Waals surface area (Å²) < 4.78 is 2.50. The number of benzene rings is 4. The molecule has 0 amide bonds. The van der Waals surface area contributed by atoms with Crippen LogP contribution in [-0.4, -0.2) is 9.55 Å². The number of aromatic nitrogens is 2. The maximum Gasteiger partial charge on any atom is 0.144 e. The topological polar surface area (TPSA) is 17.8 Å². The second-order valence-electron chi connectivity index (χ2n) is 13.1. The van der Waals surface area contributed by atoms with Gasteiger partial charge >= 0.3 is 0 Å². The van der Waals surface area contributed by atoms with Crippen LogP contribution in [0.2, 0.25) is 0 Å². The molecule has 2 nitrogen and oxygen atoms in total. The van der Waals surface area contributed by atoms with Crippen molar-refractivity contribution in [1.29, 1.82) is 0 Å². The quantitative estimate of drug-likeness (QED) is 0.170. The van der Waals surface area contributed by atoms with Gasteiger partial charge in [-0.1, -0.05) is 118 Å². The van der Waals surface area contributed by atoms with Crippen molar-refractivity contribution in [2.24, 2.45) is 0 Å². The molecule has 7 rings (SSSR count). The van der Waals surface area contributed by atoms with E-state index in [1.54, 1.807) is 0 Å². The maximum atomic E-state index is 5.16. The molecule has 44 heavy (non-hydrogen) atoms. The summed E-state index contributed by atoms with van der Waals surface area (Å²) in [5.41, 5.74) is 12.5. The van der Waals surface area contributed by atoms with Crippen molar-refractivity contribution in [2.75, 3.05) is 0 Å². The van der Waals surface area contributed by atoms with Crippen LogP contribution in [0.4, 0.5) is 0 Å². The molecular formula is C42H46N2. The molecule has 2 saturated carbocycles. The largest absolute Gasteiger partial charge is 0.299 e. The molecule has 1 heterocycles. The average molecular weight is 579 g/mol. The first kappa shape index (κ1) is 28.8. The van der Waals surface area contributed by atoms with E-state index < -0.39 is 0 Å². The van der Waals surface area contributed by atoms with Crippen molar-refractivity contribution < 1.29 is 0 Å². The van der Waals surface area contributed by atoms with Gasteiger partial charge < -0.3 is 0 Å². The second kappa shape index (κ2) is 13.0. The van der Waals surface area contributed by atoms with Crippen LogP contribution >= 0.6 is 0 Å². The second-order valence-corrected chi connectivity index (χ2v) is 13.1. The van der Waals surface area contributed by atoms with E-state index in [4.69, 9.17) is 4.98 Å². The molecule has 2 aliphatic carbocycles. The zero-order valence-electron chi connectivity index (χ0n) is 26.5. The Labute approximate surface area is 264 Å². The molecular weight excluding hydrogens is 532 g/mol. The fourth-order valence-corrected chi connectivity index (χ4v) is 8.18. The molecule has 0 bridgehead atoms. The van der Waals surface area contributed by atoms with Crippen molar-refractivity contribution >= 4 is 0 Å². The van der Waals surface area contributed by atoms with Crippen LogP contribution < -0.4 is 0 Å². The molecule has 2 fully saturated rings. The van der Waals surface area contributed by atoms with Crippen molar-refractivity contribution in [1.82, 2.24) is 9.55 Å². The van der Waals surface area contributed by atoms with Gasteiger partial charge in [-0.25, -0.2) is 4.98 Å². The fourth-order valence-electron chi connectivity index (χ4n) is 8.18. The summed E-state index contributed by atoms with van der Waals surface area (Å²) in [6.07, 6.45) is 17.0. The molecule has 0 unspecified atom stereocenters. The van der Waals surface area contributed by atoms with Crippen LogP contribution in [0.3, 0.4) is 0 Å². The lowest BCUT2D eigenvalue weighted by molar-refractivity contribution is 0.642. The van der Waals surface area contributed by atoms with E-state index in [9.17, 15) is 0 Å². The van der Waals surface area contributed by atoms with Crippen LogP contribution in [0, 0.1) is 0 Å². The molecule has 0 spiro atoms. The third-order valence-electron chi connectivity index (χ3n) is 10.6. The van der Waals surface area contributed by atoms with E-state index >= 15 is 0 Å². The molecule has 4 aromatic carbocycles. The molecule has 0 N–H and O–H groups in total. The highest BCUT2D eigenvalue weighted by Gasteiger charge is 2.30. The van der Waals surface area contributed by atoms with Crippen molar-refractivity contribution in [3.63, 3.8) is 0 Å². The lowest BCUT2D eigenvalue weighted by Crippen LogP contribution is -2.11. The number of hydrogen-bond acceptors (Lipinski definition) is 1. The van der Waals surface area contributed by atoms with Crippen molar-refractivity contribution in [3.8, 4) is 39.3 Å². The number of imidazole rings is 1. The van der Waals surface area contributed by atoms with E-state index in [1.165, 1.54) is 102 Å². The molecule has 1 aromatic heterocycles. The van der Waals surface area contributed by atoms with Gasteiger partial charge in [-0.2, -0.15) is 0 Å². The minimum atomic E-state index is 0.489. The zero-order valence-corrected chi connectivity index (χ0v) is 26.5. The Balaban J connectivity index is 1.45. The highest BCUT2D eigenvalue weighted by atomic mass is 15.1. The molecule has 0 aliphatic heterocycles. The number of rotatable bonds is 9. The Bertz CT molecular complexity index is 1640. The van der Waals surface area contributed by atoms with Gasteiger partial charge in [-0.15, -0.1) is 0 Å². The van der Waals surface area contributed by atoms with Gasteiger partial charge in [0.05, 0.1) is 5.69 Å². The van der Waals surface area contributed by atoms with Crippen molar-refractivity contribution in [3.05, 3.63) is 120 Å². The molecule has 0 saturated heterocycles. The lowest BCUT2D eigenvalue weighted by Gasteiger charge is -2.27. The van der Waals surface area contributed by atoms with Crippen LogP contribution in [0.5, 0.6) is 0 Å². The van der Waals surface area contributed by atoms with E-state index in [0.717, 1.165) is 18.7 Å². The summed E-state index contributed by atoms with van der Waals surface area (Å²) >= 11 is 0. The summed E-state index contributed by atoms with van der Waals surface area (Å²) in [5, 5.41) is 0. The normalized spacial score (nSPS) is 15.9. The fraction of sp³-hybridized carbons (Fsp3) is 0.357. The summed E-state index contributed by atoms with van der Waals surface area (Å²) in [4.78, 5) is 5.16. The standard InChI is InChI=1S/C42H46N2/c1-3-30(4-2)38-27-35(31-15-7-5-8-16-31)23-24-37(38)42-43-25-26-44(42)41-39(33-19-11-12-20-33)28-36(32-17-9-6-10-18-32)29-40(41)34-21-13-14-22-34/h5-10,15-18,23-30,33-34H,3-4,11-14,19-22H2,1-2H3. The number of hydrogen-bond donors (Lipinski definition) is 0. The zero-order chi connectivity index (χ0) is 29.9. The molecule has 2 aliphatic rings. The third kappa shape index (κ3) is 5.56. The smallest absolute Gasteiger partial charge is 0.144 e. The molecule has 5 aromatic rings. The van der Waals surface area contributed by atoms with E-state index in [-0.39, 0.29) is 0 Å².